The number of nitrogens with zero attached hydrogens (tertiary/aromatic N) is 4. The summed E-state index contributed by atoms with van der Waals surface area (Å²) in [5.74, 6) is 0. The summed E-state index contributed by atoms with van der Waals surface area (Å²) >= 11 is 0. The molecule has 1 aromatic carbocycles. The van der Waals surface area contributed by atoms with Gasteiger partial charge in [0.1, 0.15) is 12.1 Å². The molecule has 1 aliphatic carbocycles. The lowest BCUT2D eigenvalue weighted by molar-refractivity contribution is -0.177. The normalized spacial score (nSPS) is 21.1. The van der Waals surface area contributed by atoms with Gasteiger partial charge in [0.2, 0.25) is 0 Å². The van der Waals surface area contributed by atoms with E-state index in [2.05, 4.69) is 15.6 Å². The molecule has 29 heavy (non-hydrogen) atoms. The smallest absolute Gasteiger partial charge is 0.339 e. The molecule has 1 unspecified atom stereocenters. The minimum Gasteiger partial charge on any atom is -0.339 e. The average Bonchev–Trinajstić information content (AvgIpc) is 3.31. The molecule has 7 heteroatoms. The van der Waals surface area contributed by atoms with Gasteiger partial charge >= 0.3 is 6.18 Å². The maximum atomic E-state index is 13.6. The van der Waals surface area contributed by atoms with E-state index in [1.165, 1.54) is 23.4 Å². The lowest BCUT2D eigenvalue weighted by Crippen LogP contribution is -2.43. The third kappa shape index (κ3) is 3.31. The van der Waals surface area contributed by atoms with Gasteiger partial charge in [-0.25, -0.2) is 0 Å². The zero-order valence-electron chi connectivity index (χ0n) is 16.4. The van der Waals surface area contributed by atoms with Crippen molar-refractivity contribution in [3.8, 4) is 6.07 Å². The van der Waals surface area contributed by atoms with Crippen molar-refractivity contribution in [2.24, 2.45) is 4.99 Å². The van der Waals surface area contributed by atoms with Crippen LogP contribution in [0, 0.1) is 18.3 Å². The molecular weight excluding hydrogens is 377 g/mol. The fourth-order valence-corrected chi connectivity index (χ4v) is 4.52. The summed E-state index contributed by atoms with van der Waals surface area (Å²) in [6, 6.07) is 6.58. The van der Waals surface area contributed by atoms with E-state index in [1.807, 2.05) is 25.1 Å². The van der Waals surface area contributed by atoms with Gasteiger partial charge in [0.15, 0.2) is 6.17 Å². The molecule has 1 aliphatic heterocycles. The van der Waals surface area contributed by atoms with Gasteiger partial charge in [0, 0.05) is 23.8 Å². The van der Waals surface area contributed by atoms with E-state index >= 15 is 0 Å². The molecule has 0 radical (unpaired) electrons. The highest BCUT2D eigenvalue weighted by molar-refractivity contribution is 5.89. The Kier molecular flexibility index (Phi) is 4.89. The maximum Gasteiger partial charge on any atom is 0.408 e. The molecule has 4 rings (SSSR count). The first-order valence-electron chi connectivity index (χ1n) is 9.91. The van der Waals surface area contributed by atoms with Gasteiger partial charge < -0.3 is 9.47 Å². The Morgan fingerprint density at radius 1 is 1.24 bits per heavy atom. The number of alkyl halides is 3. The molecule has 0 bridgehead atoms. The fraction of sp³-hybridized carbons (Fsp3) is 0.455. The van der Waals surface area contributed by atoms with Gasteiger partial charge in [-0.2, -0.15) is 18.4 Å². The molecule has 1 aromatic heterocycles. The Balaban J connectivity index is 1.96. The second-order valence-corrected chi connectivity index (χ2v) is 7.88. The summed E-state index contributed by atoms with van der Waals surface area (Å²) in [4.78, 5) is 5.63. The number of benzene rings is 1. The van der Waals surface area contributed by atoms with Crippen LogP contribution >= 0.6 is 0 Å². The van der Waals surface area contributed by atoms with Crippen LogP contribution in [0.15, 0.2) is 35.5 Å². The quantitative estimate of drug-likeness (QED) is 0.655. The molecule has 0 amide bonds. The average molecular weight is 400 g/mol. The van der Waals surface area contributed by atoms with Gasteiger partial charge in [0.05, 0.1) is 16.8 Å². The maximum absolute atomic E-state index is 13.6. The Morgan fingerprint density at radius 3 is 2.62 bits per heavy atom. The van der Waals surface area contributed by atoms with E-state index in [1.54, 1.807) is 0 Å². The van der Waals surface area contributed by atoms with Crippen molar-refractivity contribution in [3.05, 3.63) is 47.3 Å². The lowest BCUT2D eigenvalue weighted by atomic mass is 10.1. The standard InChI is InChI=1S/C22H23F3N4/c1-14-8-9-17-18(13-26)20(29(19(17)12-14)16-6-3-4-7-16)21-27-10-5-11-28(21)15(2)22(23,24)25/h5,8-12,15-16,21H,3-4,6-7H2,1-2H3/t15-,21?/m1/s1. The van der Waals surface area contributed by atoms with Gasteiger partial charge in [-0.15, -0.1) is 0 Å². The van der Waals surface area contributed by atoms with Crippen LogP contribution in [-0.2, 0) is 0 Å². The van der Waals surface area contributed by atoms with Crippen molar-refractivity contribution in [2.75, 3.05) is 0 Å². The molecule has 0 saturated heterocycles. The number of hydrogen-bond donors (Lipinski definition) is 0. The van der Waals surface area contributed by atoms with Gasteiger partial charge in [-0.3, -0.25) is 4.99 Å². The number of allylic oxidation sites excluding steroid dienone is 1. The van der Waals surface area contributed by atoms with E-state index in [0.29, 0.717) is 11.3 Å². The first-order valence-corrected chi connectivity index (χ1v) is 9.91. The summed E-state index contributed by atoms with van der Waals surface area (Å²) in [7, 11) is 0. The number of halogens is 3. The largest absolute Gasteiger partial charge is 0.408 e. The minimum absolute atomic E-state index is 0.167. The monoisotopic (exact) mass is 400 g/mol. The molecule has 152 valence electrons. The van der Waals surface area contributed by atoms with Crippen LogP contribution < -0.4 is 0 Å². The Hall–Kier alpha value is -2.75. The number of aryl methyl sites for hydroxylation is 1. The van der Waals surface area contributed by atoms with Crippen molar-refractivity contribution in [3.63, 3.8) is 0 Å². The molecule has 2 atom stereocenters. The topological polar surface area (TPSA) is 44.3 Å². The Morgan fingerprint density at radius 2 is 1.97 bits per heavy atom. The van der Waals surface area contributed by atoms with E-state index in [4.69, 9.17) is 0 Å². The second-order valence-electron chi connectivity index (χ2n) is 7.88. The number of fused-ring (bicyclic) bond motifs is 1. The molecule has 0 N–H and O–H groups in total. The number of rotatable bonds is 3. The fourth-order valence-electron chi connectivity index (χ4n) is 4.52. The van der Waals surface area contributed by atoms with E-state index in [-0.39, 0.29) is 6.04 Å². The number of hydrogen-bond acceptors (Lipinski definition) is 3. The highest BCUT2D eigenvalue weighted by Gasteiger charge is 2.44. The Bertz CT molecular complexity index is 1020. The molecule has 2 aromatic rings. The summed E-state index contributed by atoms with van der Waals surface area (Å²) in [6.07, 6.45) is 3.24. The zero-order valence-corrected chi connectivity index (χ0v) is 16.4. The molecule has 1 saturated carbocycles. The molecule has 2 aliphatic rings. The number of nitriles is 1. The van der Waals surface area contributed by atoms with Crippen molar-refractivity contribution < 1.29 is 13.2 Å². The molecule has 2 heterocycles. The molecule has 0 spiro atoms. The number of aromatic nitrogens is 1. The predicted molar refractivity (Wildman–Crippen MR) is 107 cm³/mol. The summed E-state index contributed by atoms with van der Waals surface area (Å²) in [5.41, 5.74) is 2.95. The number of aliphatic imine (C=N–C) groups is 1. The van der Waals surface area contributed by atoms with Crippen molar-refractivity contribution in [1.29, 1.82) is 5.26 Å². The predicted octanol–water partition coefficient (Wildman–Crippen LogP) is 5.79. The first kappa shape index (κ1) is 19.6. The molecule has 4 nitrogen and oxygen atoms in total. The van der Waals surface area contributed by atoms with Gasteiger partial charge in [-0.05, 0) is 44.4 Å². The van der Waals surface area contributed by atoms with Crippen molar-refractivity contribution in [2.45, 2.75) is 64.0 Å². The van der Waals surface area contributed by atoms with Crippen molar-refractivity contribution in [1.82, 2.24) is 9.47 Å². The van der Waals surface area contributed by atoms with E-state index in [0.717, 1.165) is 49.1 Å². The third-order valence-electron chi connectivity index (χ3n) is 6.02. The van der Waals surface area contributed by atoms with Crippen LogP contribution in [0.3, 0.4) is 0 Å². The summed E-state index contributed by atoms with van der Waals surface area (Å²) in [6.45, 7) is 3.12. The van der Waals surface area contributed by atoms with Gasteiger partial charge in [0.25, 0.3) is 0 Å². The SMILES string of the molecule is Cc1ccc2c(C#N)c(C3N=CC=CN3[C@H](C)C(F)(F)F)n(C3CCCC3)c2c1. The molecular formula is C22H23F3N4. The lowest BCUT2D eigenvalue weighted by Gasteiger charge is -2.37. The first-order chi connectivity index (χ1) is 13.8. The highest BCUT2D eigenvalue weighted by Crippen LogP contribution is 2.43. The minimum atomic E-state index is -4.40. The summed E-state index contributed by atoms with van der Waals surface area (Å²) < 4.78 is 42.8. The van der Waals surface area contributed by atoms with E-state index in [9.17, 15) is 18.4 Å². The molecule has 1 fully saturated rings. The van der Waals surface area contributed by atoms with Crippen LogP contribution in [0.2, 0.25) is 0 Å². The van der Waals surface area contributed by atoms with Crippen LogP contribution in [0.5, 0.6) is 0 Å². The summed E-state index contributed by atoms with van der Waals surface area (Å²) in [5, 5.41) is 10.8. The zero-order chi connectivity index (χ0) is 20.8. The van der Waals surface area contributed by atoms with Crippen molar-refractivity contribution >= 4 is 17.1 Å². The van der Waals surface area contributed by atoms with Crippen LogP contribution in [0.25, 0.3) is 10.9 Å². The van der Waals surface area contributed by atoms with Crippen LogP contribution in [0.4, 0.5) is 13.2 Å². The van der Waals surface area contributed by atoms with E-state index < -0.39 is 18.4 Å². The third-order valence-corrected chi connectivity index (χ3v) is 6.02. The van der Waals surface area contributed by atoms with Crippen LogP contribution in [0.1, 0.15) is 61.6 Å². The Labute approximate surface area is 167 Å². The highest BCUT2D eigenvalue weighted by atomic mass is 19.4. The van der Waals surface area contributed by atoms with Crippen LogP contribution in [-0.4, -0.2) is 27.9 Å². The van der Waals surface area contributed by atoms with Gasteiger partial charge in [-0.1, -0.05) is 25.0 Å². The second kappa shape index (κ2) is 7.25.